The lowest BCUT2D eigenvalue weighted by Gasteiger charge is -2.30. The van der Waals surface area contributed by atoms with E-state index in [0.717, 1.165) is 45.4 Å². The Morgan fingerprint density at radius 1 is 1.21 bits per heavy atom. The molecule has 0 unspecified atom stereocenters. The van der Waals surface area contributed by atoms with E-state index in [0.29, 0.717) is 6.04 Å². The van der Waals surface area contributed by atoms with Crippen molar-refractivity contribution in [3.8, 4) is 0 Å². The molecule has 1 saturated heterocycles. The summed E-state index contributed by atoms with van der Waals surface area (Å²) < 4.78 is 0. The topological polar surface area (TPSA) is 44.4 Å². The second kappa shape index (κ2) is 4.64. The second-order valence-corrected chi connectivity index (χ2v) is 4.17. The lowest BCUT2D eigenvalue weighted by molar-refractivity contribution is 0.189. The van der Waals surface area contributed by atoms with Crippen molar-refractivity contribution in [1.82, 2.24) is 15.5 Å². The fourth-order valence-corrected chi connectivity index (χ4v) is 1.87. The van der Waals surface area contributed by atoms with Gasteiger partial charge in [0.1, 0.15) is 0 Å². The van der Waals surface area contributed by atoms with E-state index in [-0.39, 0.29) is 6.03 Å². The van der Waals surface area contributed by atoms with Crippen LogP contribution in [0.1, 0.15) is 25.7 Å². The highest BCUT2D eigenvalue weighted by Crippen LogP contribution is 2.18. The number of rotatable bonds is 1. The first kappa shape index (κ1) is 9.77. The maximum Gasteiger partial charge on any atom is 0.317 e. The van der Waals surface area contributed by atoms with Gasteiger partial charge in [0.25, 0.3) is 0 Å². The molecule has 0 bridgehead atoms. The minimum atomic E-state index is 0.137. The van der Waals surface area contributed by atoms with Crippen LogP contribution in [0.3, 0.4) is 0 Å². The molecule has 4 heteroatoms. The predicted octanol–water partition coefficient (Wildman–Crippen LogP) is 0.544. The van der Waals surface area contributed by atoms with E-state index in [4.69, 9.17) is 0 Å². The molecule has 1 aliphatic carbocycles. The third-order valence-electron chi connectivity index (χ3n) is 3.06. The molecule has 2 N–H and O–H groups in total. The summed E-state index contributed by atoms with van der Waals surface area (Å²) >= 11 is 0. The number of nitrogens with zero attached hydrogens (tertiary/aromatic N) is 1. The van der Waals surface area contributed by atoms with Crippen molar-refractivity contribution < 1.29 is 4.79 Å². The van der Waals surface area contributed by atoms with Gasteiger partial charge in [0.15, 0.2) is 0 Å². The van der Waals surface area contributed by atoms with E-state index in [2.05, 4.69) is 10.6 Å². The highest BCUT2D eigenvalue weighted by atomic mass is 16.2. The van der Waals surface area contributed by atoms with Crippen LogP contribution in [0, 0.1) is 0 Å². The lowest BCUT2D eigenvalue weighted by atomic mass is 9.93. The molecular formula is C10H19N3O. The van der Waals surface area contributed by atoms with E-state index in [1.165, 1.54) is 6.42 Å². The van der Waals surface area contributed by atoms with Crippen LogP contribution >= 0.6 is 0 Å². The molecule has 2 aliphatic rings. The smallest absolute Gasteiger partial charge is 0.317 e. The van der Waals surface area contributed by atoms with Crippen molar-refractivity contribution in [2.45, 2.75) is 31.7 Å². The Kier molecular flexibility index (Phi) is 3.24. The van der Waals surface area contributed by atoms with Gasteiger partial charge in [0.05, 0.1) is 0 Å². The van der Waals surface area contributed by atoms with Crippen molar-refractivity contribution >= 4 is 6.03 Å². The first-order valence-corrected chi connectivity index (χ1v) is 5.62. The van der Waals surface area contributed by atoms with Crippen molar-refractivity contribution in [2.24, 2.45) is 0 Å². The van der Waals surface area contributed by atoms with Crippen LogP contribution in [0.2, 0.25) is 0 Å². The Balaban J connectivity index is 1.76. The standard InChI is InChI=1S/C10H19N3O/c14-10(12-9-3-1-4-9)13-7-2-5-11-6-8-13/h9,11H,1-8H2,(H,12,14). The highest BCUT2D eigenvalue weighted by Gasteiger charge is 2.22. The van der Waals surface area contributed by atoms with Crippen LogP contribution in [0.15, 0.2) is 0 Å². The zero-order valence-electron chi connectivity index (χ0n) is 8.59. The van der Waals surface area contributed by atoms with Crippen LogP contribution in [0.5, 0.6) is 0 Å². The average Bonchev–Trinajstić information content (AvgIpc) is 2.38. The number of carbonyl (C=O) groups excluding carboxylic acids is 1. The quantitative estimate of drug-likeness (QED) is 0.644. The fraction of sp³-hybridized carbons (Fsp3) is 0.900. The normalized spacial score (nSPS) is 23.9. The number of amides is 2. The van der Waals surface area contributed by atoms with E-state index < -0.39 is 0 Å². The van der Waals surface area contributed by atoms with Crippen LogP contribution in [0.4, 0.5) is 4.79 Å². The van der Waals surface area contributed by atoms with Crippen molar-refractivity contribution in [1.29, 1.82) is 0 Å². The number of nitrogens with one attached hydrogen (secondary N) is 2. The molecule has 0 aromatic heterocycles. The first-order valence-electron chi connectivity index (χ1n) is 5.62. The number of urea groups is 1. The molecule has 1 saturated carbocycles. The minimum absolute atomic E-state index is 0.137. The van der Waals surface area contributed by atoms with Crippen LogP contribution < -0.4 is 10.6 Å². The summed E-state index contributed by atoms with van der Waals surface area (Å²) in [5.41, 5.74) is 0. The third kappa shape index (κ3) is 2.38. The molecule has 0 spiro atoms. The van der Waals surface area contributed by atoms with Gasteiger partial charge in [-0.2, -0.15) is 0 Å². The molecule has 2 rings (SSSR count). The van der Waals surface area contributed by atoms with Crippen molar-refractivity contribution in [2.75, 3.05) is 26.2 Å². The number of hydrogen-bond acceptors (Lipinski definition) is 2. The molecule has 0 radical (unpaired) electrons. The second-order valence-electron chi connectivity index (χ2n) is 4.17. The molecular weight excluding hydrogens is 178 g/mol. The van der Waals surface area contributed by atoms with Gasteiger partial charge >= 0.3 is 6.03 Å². The van der Waals surface area contributed by atoms with Crippen molar-refractivity contribution in [3.63, 3.8) is 0 Å². The molecule has 14 heavy (non-hydrogen) atoms. The molecule has 80 valence electrons. The van der Waals surface area contributed by atoms with E-state index in [1.54, 1.807) is 0 Å². The SMILES string of the molecule is O=C(NC1CCC1)N1CCCNCC1. The van der Waals surface area contributed by atoms with Gasteiger partial charge in [0, 0.05) is 25.7 Å². The monoisotopic (exact) mass is 197 g/mol. The Morgan fingerprint density at radius 2 is 2.07 bits per heavy atom. The minimum Gasteiger partial charge on any atom is -0.335 e. The summed E-state index contributed by atoms with van der Waals surface area (Å²) in [6.07, 6.45) is 4.67. The first-order chi connectivity index (χ1) is 6.86. The fourth-order valence-electron chi connectivity index (χ4n) is 1.87. The molecule has 4 nitrogen and oxygen atoms in total. The van der Waals surface area contributed by atoms with E-state index >= 15 is 0 Å². The van der Waals surface area contributed by atoms with Gasteiger partial charge in [-0.15, -0.1) is 0 Å². The summed E-state index contributed by atoms with van der Waals surface area (Å²) in [7, 11) is 0. The maximum atomic E-state index is 11.7. The number of carbonyl (C=O) groups is 1. The van der Waals surface area contributed by atoms with Gasteiger partial charge in [-0.25, -0.2) is 4.79 Å². The van der Waals surface area contributed by atoms with Gasteiger partial charge in [0.2, 0.25) is 0 Å². The Morgan fingerprint density at radius 3 is 2.79 bits per heavy atom. The molecule has 1 heterocycles. The average molecular weight is 197 g/mol. The van der Waals surface area contributed by atoms with E-state index in [1.807, 2.05) is 4.90 Å². The predicted molar refractivity (Wildman–Crippen MR) is 55.2 cm³/mol. The highest BCUT2D eigenvalue weighted by molar-refractivity contribution is 5.74. The molecule has 2 fully saturated rings. The molecule has 0 atom stereocenters. The van der Waals surface area contributed by atoms with Gasteiger partial charge < -0.3 is 15.5 Å². The number of hydrogen-bond donors (Lipinski definition) is 2. The molecule has 0 aromatic carbocycles. The third-order valence-corrected chi connectivity index (χ3v) is 3.06. The van der Waals surface area contributed by atoms with Gasteiger partial charge in [-0.05, 0) is 32.2 Å². The zero-order valence-corrected chi connectivity index (χ0v) is 8.59. The summed E-state index contributed by atoms with van der Waals surface area (Å²) in [6, 6.07) is 0.595. The van der Waals surface area contributed by atoms with E-state index in [9.17, 15) is 4.79 Å². The molecule has 0 aromatic rings. The zero-order chi connectivity index (χ0) is 9.80. The Bertz CT molecular complexity index is 196. The van der Waals surface area contributed by atoms with Crippen LogP contribution in [-0.4, -0.2) is 43.2 Å². The lowest BCUT2D eigenvalue weighted by Crippen LogP contribution is -2.48. The maximum absolute atomic E-state index is 11.7. The Labute approximate surface area is 85.0 Å². The summed E-state index contributed by atoms with van der Waals surface area (Å²) in [4.78, 5) is 13.7. The molecule has 2 amide bonds. The summed E-state index contributed by atoms with van der Waals surface area (Å²) in [5, 5.41) is 6.36. The van der Waals surface area contributed by atoms with Crippen molar-refractivity contribution in [3.05, 3.63) is 0 Å². The van der Waals surface area contributed by atoms with Gasteiger partial charge in [-0.3, -0.25) is 0 Å². The van der Waals surface area contributed by atoms with Crippen LogP contribution in [-0.2, 0) is 0 Å². The Hall–Kier alpha value is -0.770. The summed E-state index contributed by atoms with van der Waals surface area (Å²) in [5.74, 6) is 0. The van der Waals surface area contributed by atoms with Crippen LogP contribution in [0.25, 0.3) is 0 Å². The largest absolute Gasteiger partial charge is 0.335 e. The molecule has 1 aliphatic heterocycles. The van der Waals surface area contributed by atoms with Gasteiger partial charge in [-0.1, -0.05) is 0 Å². The summed E-state index contributed by atoms with van der Waals surface area (Å²) in [6.45, 7) is 3.70.